The molecule has 0 amide bonds. The van der Waals surface area contributed by atoms with Gasteiger partial charge in [-0.2, -0.15) is 5.10 Å². The molecule has 2 heterocycles. The molecule has 0 radical (unpaired) electrons. The SMILES string of the molecule is CCNCc1ccc(-n2nc(C)c(Cl)c2C)nc1. The molecule has 4 nitrogen and oxygen atoms in total. The maximum atomic E-state index is 6.13. The Kier molecular flexibility index (Phi) is 3.99. The van der Waals surface area contributed by atoms with E-state index in [0.717, 1.165) is 35.9 Å². The van der Waals surface area contributed by atoms with Crippen molar-refractivity contribution in [1.82, 2.24) is 20.1 Å². The predicted octanol–water partition coefficient (Wildman–Crippen LogP) is 2.65. The van der Waals surface area contributed by atoms with E-state index in [2.05, 4.69) is 28.4 Å². The smallest absolute Gasteiger partial charge is 0.153 e. The average Bonchev–Trinajstić information content (AvgIpc) is 2.65. The van der Waals surface area contributed by atoms with Crippen molar-refractivity contribution in [2.24, 2.45) is 0 Å². The van der Waals surface area contributed by atoms with Crippen LogP contribution in [0.5, 0.6) is 0 Å². The van der Waals surface area contributed by atoms with Crippen molar-refractivity contribution in [3.05, 3.63) is 40.3 Å². The summed E-state index contributed by atoms with van der Waals surface area (Å²) in [6, 6.07) is 4.01. The summed E-state index contributed by atoms with van der Waals surface area (Å²) in [6.45, 7) is 7.71. The van der Waals surface area contributed by atoms with E-state index in [-0.39, 0.29) is 0 Å². The fourth-order valence-electron chi connectivity index (χ4n) is 1.76. The van der Waals surface area contributed by atoms with E-state index in [1.54, 1.807) is 4.68 Å². The number of hydrogen-bond acceptors (Lipinski definition) is 3. The quantitative estimate of drug-likeness (QED) is 0.923. The number of rotatable bonds is 4. The maximum absolute atomic E-state index is 6.13. The van der Waals surface area contributed by atoms with Gasteiger partial charge in [0.2, 0.25) is 0 Å². The van der Waals surface area contributed by atoms with Gasteiger partial charge in [-0.1, -0.05) is 24.6 Å². The molecule has 0 atom stereocenters. The van der Waals surface area contributed by atoms with Gasteiger partial charge in [0.15, 0.2) is 5.82 Å². The van der Waals surface area contributed by atoms with E-state index in [0.29, 0.717) is 5.02 Å². The van der Waals surface area contributed by atoms with Crippen molar-refractivity contribution < 1.29 is 0 Å². The summed E-state index contributed by atoms with van der Waals surface area (Å²) in [5.74, 6) is 0.794. The number of aryl methyl sites for hydroxylation is 1. The number of nitrogens with one attached hydrogen (secondary N) is 1. The second kappa shape index (κ2) is 5.50. The molecule has 0 saturated carbocycles. The van der Waals surface area contributed by atoms with Crippen LogP contribution in [0.1, 0.15) is 23.9 Å². The lowest BCUT2D eigenvalue weighted by atomic mass is 10.3. The molecular formula is C13H17ClN4. The molecule has 0 saturated heterocycles. The number of halogens is 1. The van der Waals surface area contributed by atoms with Crippen LogP contribution < -0.4 is 5.32 Å². The number of aromatic nitrogens is 3. The van der Waals surface area contributed by atoms with E-state index in [4.69, 9.17) is 11.6 Å². The Hall–Kier alpha value is -1.39. The second-order valence-electron chi connectivity index (χ2n) is 4.20. The summed E-state index contributed by atoms with van der Waals surface area (Å²) in [4.78, 5) is 4.42. The lowest BCUT2D eigenvalue weighted by Gasteiger charge is -2.05. The first kappa shape index (κ1) is 13.1. The highest BCUT2D eigenvalue weighted by molar-refractivity contribution is 6.31. The van der Waals surface area contributed by atoms with Crippen LogP contribution in [0.3, 0.4) is 0 Å². The summed E-state index contributed by atoms with van der Waals surface area (Å²) in [5, 5.41) is 8.35. The molecule has 1 N–H and O–H groups in total. The molecule has 0 fully saturated rings. The largest absolute Gasteiger partial charge is 0.313 e. The molecule has 18 heavy (non-hydrogen) atoms. The van der Waals surface area contributed by atoms with Gasteiger partial charge in [0.1, 0.15) is 0 Å². The Morgan fingerprint density at radius 1 is 1.33 bits per heavy atom. The molecule has 0 aliphatic carbocycles. The Bertz CT molecular complexity index is 531. The zero-order chi connectivity index (χ0) is 13.1. The Labute approximate surface area is 112 Å². The van der Waals surface area contributed by atoms with E-state index >= 15 is 0 Å². The molecule has 2 aromatic rings. The summed E-state index contributed by atoms with van der Waals surface area (Å²) in [7, 11) is 0. The van der Waals surface area contributed by atoms with Gasteiger partial charge < -0.3 is 5.32 Å². The van der Waals surface area contributed by atoms with Crippen molar-refractivity contribution in [3.8, 4) is 5.82 Å². The van der Waals surface area contributed by atoms with Gasteiger partial charge >= 0.3 is 0 Å². The van der Waals surface area contributed by atoms with Crippen molar-refractivity contribution in [1.29, 1.82) is 0 Å². The fourth-order valence-corrected chi connectivity index (χ4v) is 1.88. The number of nitrogens with zero attached hydrogens (tertiary/aromatic N) is 3. The second-order valence-corrected chi connectivity index (χ2v) is 4.58. The van der Waals surface area contributed by atoms with Crippen LogP contribution in [0.25, 0.3) is 5.82 Å². The minimum atomic E-state index is 0.702. The molecule has 0 bridgehead atoms. The third-order valence-electron chi connectivity index (χ3n) is 2.81. The molecule has 2 rings (SSSR count). The molecule has 5 heteroatoms. The maximum Gasteiger partial charge on any atom is 0.153 e. The predicted molar refractivity (Wildman–Crippen MR) is 73.2 cm³/mol. The van der Waals surface area contributed by atoms with Crippen molar-refractivity contribution in [2.45, 2.75) is 27.3 Å². The number of pyridine rings is 1. The van der Waals surface area contributed by atoms with E-state index < -0.39 is 0 Å². The molecule has 0 spiro atoms. The molecule has 96 valence electrons. The van der Waals surface area contributed by atoms with Crippen LogP contribution in [0.2, 0.25) is 5.02 Å². The standard InChI is InChI=1S/C13H17ClN4/c1-4-15-7-11-5-6-12(16-8-11)18-10(3)13(14)9(2)17-18/h5-6,8,15H,4,7H2,1-3H3. The van der Waals surface area contributed by atoms with Crippen LogP contribution in [0.4, 0.5) is 0 Å². The summed E-state index contributed by atoms with van der Waals surface area (Å²) in [5.41, 5.74) is 2.90. The van der Waals surface area contributed by atoms with E-state index in [9.17, 15) is 0 Å². The summed E-state index contributed by atoms with van der Waals surface area (Å²) in [6.07, 6.45) is 1.86. The highest BCUT2D eigenvalue weighted by Crippen LogP contribution is 2.21. The molecule has 0 aliphatic heterocycles. The van der Waals surface area contributed by atoms with E-state index in [1.165, 1.54) is 0 Å². The first-order chi connectivity index (χ1) is 8.63. The van der Waals surface area contributed by atoms with Crippen molar-refractivity contribution in [2.75, 3.05) is 6.54 Å². The van der Waals surface area contributed by atoms with Gasteiger partial charge in [0.05, 0.1) is 16.4 Å². The van der Waals surface area contributed by atoms with Crippen LogP contribution in [-0.2, 0) is 6.54 Å². The molecule has 0 aromatic carbocycles. The Balaban J connectivity index is 2.26. The minimum Gasteiger partial charge on any atom is -0.313 e. The zero-order valence-electron chi connectivity index (χ0n) is 10.9. The summed E-state index contributed by atoms with van der Waals surface area (Å²) >= 11 is 6.13. The van der Waals surface area contributed by atoms with Gasteiger partial charge in [-0.05, 0) is 32.0 Å². The van der Waals surface area contributed by atoms with Crippen molar-refractivity contribution >= 4 is 11.6 Å². The van der Waals surface area contributed by atoms with Gasteiger partial charge in [0.25, 0.3) is 0 Å². The van der Waals surface area contributed by atoms with Gasteiger partial charge in [-0.3, -0.25) is 0 Å². The molecule has 0 aliphatic rings. The molecule has 0 unspecified atom stereocenters. The third kappa shape index (κ3) is 2.54. The topological polar surface area (TPSA) is 42.7 Å². The van der Waals surface area contributed by atoms with Crippen LogP contribution in [-0.4, -0.2) is 21.3 Å². The first-order valence-electron chi connectivity index (χ1n) is 6.01. The van der Waals surface area contributed by atoms with Gasteiger partial charge in [-0.15, -0.1) is 0 Å². The highest BCUT2D eigenvalue weighted by Gasteiger charge is 2.11. The van der Waals surface area contributed by atoms with Crippen LogP contribution in [0, 0.1) is 13.8 Å². The van der Waals surface area contributed by atoms with Gasteiger partial charge in [0, 0.05) is 12.7 Å². The fraction of sp³-hybridized carbons (Fsp3) is 0.385. The Morgan fingerprint density at radius 2 is 2.11 bits per heavy atom. The van der Waals surface area contributed by atoms with Crippen LogP contribution >= 0.6 is 11.6 Å². The normalized spacial score (nSPS) is 10.9. The van der Waals surface area contributed by atoms with Crippen LogP contribution in [0.15, 0.2) is 18.3 Å². The lowest BCUT2D eigenvalue weighted by Crippen LogP contribution is -2.12. The Morgan fingerprint density at radius 3 is 2.61 bits per heavy atom. The lowest BCUT2D eigenvalue weighted by molar-refractivity contribution is 0.721. The third-order valence-corrected chi connectivity index (χ3v) is 3.36. The van der Waals surface area contributed by atoms with Gasteiger partial charge in [-0.25, -0.2) is 9.67 Å². The van der Waals surface area contributed by atoms with E-state index in [1.807, 2.05) is 26.1 Å². The number of hydrogen-bond donors (Lipinski definition) is 1. The minimum absolute atomic E-state index is 0.702. The average molecular weight is 265 g/mol. The summed E-state index contributed by atoms with van der Waals surface area (Å²) < 4.78 is 1.77. The monoisotopic (exact) mass is 264 g/mol. The van der Waals surface area contributed by atoms with Crippen molar-refractivity contribution in [3.63, 3.8) is 0 Å². The first-order valence-corrected chi connectivity index (χ1v) is 6.39. The molecular weight excluding hydrogens is 248 g/mol. The zero-order valence-corrected chi connectivity index (χ0v) is 11.6. The highest BCUT2D eigenvalue weighted by atomic mass is 35.5. The molecule has 2 aromatic heterocycles.